The molecule has 1 aliphatic heterocycles. The second kappa shape index (κ2) is 9.72. The monoisotopic (exact) mass is 374 g/mol. The summed E-state index contributed by atoms with van der Waals surface area (Å²) in [4.78, 5) is 18.8. The van der Waals surface area contributed by atoms with Gasteiger partial charge in [-0.25, -0.2) is 0 Å². The Hall–Kier alpha value is -3.10. The summed E-state index contributed by atoms with van der Waals surface area (Å²) < 4.78 is 0. The van der Waals surface area contributed by atoms with E-state index in [4.69, 9.17) is 0 Å². The first kappa shape index (κ1) is 19.7. The van der Waals surface area contributed by atoms with Crippen LogP contribution in [-0.4, -0.2) is 53.8 Å². The van der Waals surface area contributed by atoms with Crippen LogP contribution in [0.2, 0.25) is 0 Å². The summed E-state index contributed by atoms with van der Waals surface area (Å²) in [6.45, 7) is 4.48. The van der Waals surface area contributed by atoms with Crippen LogP contribution in [0.15, 0.2) is 72.4 Å². The molecule has 0 N–H and O–H groups in total. The molecule has 0 aromatic heterocycles. The van der Waals surface area contributed by atoms with E-state index >= 15 is 0 Å². The standard InChI is InChI=1S/C23H26N4O/c1-25(17-20-8-4-2-5-9-20)19-22(16-24)23(28)27-14-12-26(13-15-27)18-21-10-6-3-7-11-21/h2-11,19H,12-15,17-18H2,1H3/b22-19-. The van der Waals surface area contributed by atoms with Gasteiger partial charge in [0.15, 0.2) is 0 Å². The number of piperazine rings is 1. The van der Waals surface area contributed by atoms with Crippen LogP contribution in [0, 0.1) is 11.3 Å². The van der Waals surface area contributed by atoms with Crippen molar-refractivity contribution < 1.29 is 4.79 Å². The SMILES string of the molecule is CN(/C=C(/C#N)C(=O)N1CCN(Cc2ccccc2)CC1)Cc1ccccc1. The molecule has 5 heteroatoms. The number of nitriles is 1. The van der Waals surface area contributed by atoms with Gasteiger partial charge in [0.05, 0.1) is 0 Å². The maximum absolute atomic E-state index is 12.8. The Labute approximate surface area is 167 Å². The van der Waals surface area contributed by atoms with Crippen LogP contribution >= 0.6 is 0 Å². The van der Waals surface area contributed by atoms with Crippen molar-refractivity contribution in [1.82, 2.24) is 14.7 Å². The highest BCUT2D eigenvalue weighted by Gasteiger charge is 2.24. The van der Waals surface area contributed by atoms with Gasteiger partial charge in [0, 0.05) is 52.5 Å². The highest BCUT2D eigenvalue weighted by atomic mass is 16.2. The topological polar surface area (TPSA) is 50.6 Å². The molecule has 0 saturated carbocycles. The van der Waals surface area contributed by atoms with E-state index in [1.807, 2.05) is 60.5 Å². The highest BCUT2D eigenvalue weighted by Crippen LogP contribution is 2.12. The molecule has 28 heavy (non-hydrogen) atoms. The molecule has 0 unspecified atom stereocenters. The summed E-state index contributed by atoms with van der Waals surface area (Å²) in [6.07, 6.45) is 1.66. The number of hydrogen-bond acceptors (Lipinski definition) is 4. The molecule has 0 radical (unpaired) electrons. The normalized spacial score (nSPS) is 15.1. The van der Waals surface area contributed by atoms with Crippen LogP contribution in [0.25, 0.3) is 0 Å². The summed E-state index contributed by atoms with van der Waals surface area (Å²) in [5.41, 5.74) is 2.61. The lowest BCUT2D eigenvalue weighted by Crippen LogP contribution is -2.48. The van der Waals surface area contributed by atoms with Crippen molar-refractivity contribution in [2.45, 2.75) is 13.1 Å². The molecular formula is C23H26N4O. The predicted octanol–water partition coefficient (Wildman–Crippen LogP) is 2.87. The van der Waals surface area contributed by atoms with E-state index in [0.29, 0.717) is 19.6 Å². The van der Waals surface area contributed by atoms with Gasteiger partial charge in [0.1, 0.15) is 11.6 Å². The number of nitrogens with zero attached hydrogens (tertiary/aromatic N) is 4. The van der Waals surface area contributed by atoms with Gasteiger partial charge < -0.3 is 9.80 Å². The van der Waals surface area contributed by atoms with E-state index in [-0.39, 0.29) is 11.5 Å². The van der Waals surface area contributed by atoms with Crippen molar-refractivity contribution in [3.8, 4) is 6.07 Å². The molecule has 2 aromatic carbocycles. The Balaban J connectivity index is 1.54. The number of rotatable bonds is 6. The lowest BCUT2D eigenvalue weighted by molar-refractivity contribution is -0.128. The Morgan fingerprint density at radius 1 is 1.00 bits per heavy atom. The molecule has 1 fully saturated rings. The zero-order chi connectivity index (χ0) is 19.8. The molecule has 0 aliphatic carbocycles. The fourth-order valence-corrected chi connectivity index (χ4v) is 3.39. The van der Waals surface area contributed by atoms with Gasteiger partial charge in [-0.15, -0.1) is 0 Å². The van der Waals surface area contributed by atoms with E-state index in [2.05, 4.69) is 23.1 Å². The van der Waals surface area contributed by atoms with Crippen LogP contribution in [0.4, 0.5) is 0 Å². The maximum Gasteiger partial charge on any atom is 0.266 e. The van der Waals surface area contributed by atoms with Gasteiger partial charge in [0.2, 0.25) is 0 Å². The highest BCUT2D eigenvalue weighted by molar-refractivity contribution is 5.97. The average Bonchev–Trinajstić information content (AvgIpc) is 2.73. The Kier molecular flexibility index (Phi) is 6.83. The Morgan fingerprint density at radius 3 is 2.14 bits per heavy atom. The van der Waals surface area contributed by atoms with Crippen LogP contribution in [0.3, 0.4) is 0 Å². The third-order valence-electron chi connectivity index (χ3n) is 4.88. The molecule has 2 aromatic rings. The van der Waals surface area contributed by atoms with Gasteiger partial charge in [-0.3, -0.25) is 9.69 Å². The molecular weight excluding hydrogens is 348 g/mol. The van der Waals surface area contributed by atoms with Crippen LogP contribution in [-0.2, 0) is 17.9 Å². The van der Waals surface area contributed by atoms with Crippen molar-refractivity contribution in [3.63, 3.8) is 0 Å². The molecule has 0 atom stereocenters. The molecule has 0 spiro atoms. The minimum absolute atomic E-state index is 0.179. The molecule has 1 amide bonds. The van der Waals surface area contributed by atoms with E-state index in [1.165, 1.54) is 5.56 Å². The smallest absolute Gasteiger partial charge is 0.266 e. The molecule has 3 rings (SSSR count). The number of benzene rings is 2. The van der Waals surface area contributed by atoms with Gasteiger partial charge >= 0.3 is 0 Å². The first-order valence-corrected chi connectivity index (χ1v) is 9.57. The summed E-state index contributed by atoms with van der Waals surface area (Å²) in [5.74, 6) is -0.179. The fraction of sp³-hybridized carbons (Fsp3) is 0.304. The van der Waals surface area contributed by atoms with E-state index in [1.54, 1.807) is 11.1 Å². The number of carbonyl (C=O) groups is 1. The van der Waals surface area contributed by atoms with Crippen molar-refractivity contribution in [1.29, 1.82) is 5.26 Å². The van der Waals surface area contributed by atoms with Crippen molar-refractivity contribution >= 4 is 5.91 Å². The maximum atomic E-state index is 12.8. The fourth-order valence-electron chi connectivity index (χ4n) is 3.39. The van der Waals surface area contributed by atoms with Gasteiger partial charge in [-0.1, -0.05) is 60.7 Å². The van der Waals surface area contributed by atoms with E-state index < -0.39 is 0 Å². The quantitative estimate of drug-likeness (QED) is 0.576. The summed E-state index contributed by atoms with van der Waals surface area (Å²) in [6, 6.07) is 22.4. The minimum atomic E-state index is -0.179. The van der Waals surface area contributed by atoms with Crippen LogP contribution in [0.1, 0.15) is 11.1 Å². The molecule has 0 bridgehead atoms. The first-order valence-electron chi connectivity index (χ1n) is 9.57. The zero-order valence-corrected chi connectivity index (χ0v) is 16.3. The third-order valence-corrected chi connectivity index (χ3v) is 4.88. The molecule has 1 aliphatic rings. The predicted molar refractivity (Wildman–Crippen MR) is 110 cm³/mol. The number of hydrogen-bond donors (Lipinski definition) is 0. The van der Waals surface area contributed by atoms with Gasteiger partial charge in [-0.05, 0) is 11.1 Å². The van der Waals surface area contributed by atoms with Crippen molar-refractivity contribution in [3.05, 3.63) is 83.6 Å². The van der Waals surface area contributed by atoms with Gasteiger partial charge in [0.25, 0.3) is 5.91 Å². The summed E-state index contributed by atoms with van der Waals surface area (Å²) >= 11 is 0. The number of carbonyl (C=O) groups excluding carboxylic acids is 1. The molecule has 1 heterocycles. The lowest BCUT2D eigenvalue weighted by Gasteiger charge is -2.34. The minimum Gasteiger partial charge on any atom is -0.375 e. The molecule has 1 saturated heterocycles. The Morgan fingerprint density at radius 2 is 1.57 bits per heavy atom. The van der Waals surface area contributed by atoms with E-state index in [0.717, 1.165) is 25.2 Å². The summed E-state index contributed by atoms with van der Waals surface area (Å²) in [5, 5.41) is 9.49. The number of amides is 1. The van der Waals surface area contributed by atoms with E-state index in [9.17, 15) is 10.1 Å². The van der Waals surface area contributed by atoms with Crippen LogP contribution < -0.4 is 0 Å². The van der Waals surface area contributed by atoms with Crippen molar-refractivity contribution in [2.75, 3.05) is 33.2 Å². The van der Waals surface area contributed by atoms with Crippen molar-refractivity contribution in [2.24, 2.45) is 0 Å². The van der Waals surface area contributed by atoms with Gasteiger partial charge in [-0.2, -0.15) is 5.26 Å². The average molecular weight is 374 g/mol. The lowest BCUT2D eigenvalue weighted by atomic mass is 10.2. The second-order valence-electron chi connectivity index (χ2n) is 7.11. The zero-order valence-electron chi connectivity index (χ0n) is 16.3. The first-order chi connectivity index (χ1) is 13.7. The third kappa shape index (κ3) is 5.45. The van der Waals surface area contributed by atoms with Crippen LogP contribution in [0.5, 0.6) is 0 Å². The largest absolute Gasteiger partial charge is 0.375 e. The Bertz CT molecular complexity index is 834. The second-order valence-corrected chi connectivity index (χ2v) is 7.11. The summed E-state index contributed by atoms with van der Waals surface area (Å²) in [7, 11) is 1.88. The molecule has 5 nitrogen and oxygen atoms in total. The molecule has 144 valence electrons.